The van der Waals surface area contributed by atoms with E-state index >= 15 is 0 Å². The molecule has 8 rings (SSSR count). The fourth-order valence-corrected chi connectivity index (χ4v) is 7.29. The molecule has 3 heterocycles. The van der Waals surface area contributed by atoms with Gasteiger partial charge in [0.25, 0.3) is 0 Å². The standard InChI is InChI=1S/C36H35N3O2/c1-2-10-32(40)24-17-18-27-31(21-24)38(30-20-19-26-25-13-7-9-16-33(25)41-36(26)34(27)30)22-39-29-15-8-6-14-28(29)35(37-39)23-11-4-3-5-12-23/h3-4,6-9,11,13-21,27,31-32,35,37,40H,2,5,10,12,22H2,1H3. The van der Waals surface area contributed by atoms with E-state index in [0.29, 0.717) is 6.67 Å². The zero-order valence-corrected chi connectivity index (χ0v) is 23.3. The van der Waals surface area contributed by atoms with Gasteiger partial charge >= 0.3 is 0 Å². The van der Waals surface area contributed by atoms with E-state index < -0.39 is 6.10 Å². The molecular formula is C36H35N3O2. The van der Waals surface area contributed by atoms with Gasteiger partial charge in [0.2, 0.25) is 0 Å². The zero-order chi connectivity index (χ0) is 27.5. The van der Waals surface area contributed by atoms with Crippen molar-refractivity contribution < 1.29 is 9.52 Å². The minimum atomic E-state index is -0.449. The normalized spacial score (nSPS) is 23.5. The molecule has 0 fully saturated rings. The summed E-state index contributed by atoms with van der Waals surface area (Å²) in [4.78, 5) is 2.50. The van der Waals surface area contributed by atoms with Gasteiger partial charge in [0.15, 0.2) is 0 Å². The van der Waals surface area contributed by atoms with Gasteiger partial charge in [-0.05, 0) is 60.2 Å². The summed E-state index contributed by atoms with van der Waals surface area (Å²) in [7, 11) is 0. The van der Waals surface area contributed by atoms with Gasteiger partial charge in [-0.2, -0.15) is 0 Å². The van der Waals surface area contributed by atoms with Crippen LogP contribution in [0.3, 0.4) is 0 Å². The highest BCUT2D eigenvalue weighted by Crippen LogP contribution is 2.50. The van der Waals surface area contributed by atoms with E-state index in [1.807, 2.05) is 6.07 Å². The predicted octanol–water partition coefficient (Wildman–Crippen LogP) is 7.82. The van der Waals surface area contributed by atoms with Crippen molar-refractivity contribution in [1.29, 1.82) is 0 Å². The highest BCUT2D eigenvalue weighted by molar-refractivity contribution is 6.08. The molecule has 2 aliphatic carbocycles. The lowest BCUT2D eigenvalue weighted by Gasteiger charge is -2.35. The van der Waals surface area contributed by atoms with Crippen molar-refractivity contribution in [2.45, 2.75) is 56.7 Å². The number of rotatable bonds is 6. The molecule has 4 atom stereocenters. The number of hydrogen-bond donors (Lipinski definition) is 2. The van der Waals surface area contributed by atoms with E-state index in [4.69, 9.17) is 4.42 Å². The molecule has 0 bridgehead atoms. The Labute approximate surface area is 240 Å². The first-order valence-electron chi connectivity index (χ1n) is 15.0. The first kappa shape index (κ1) is 24.7. The molecule has 2 N–H and O–H groups in total. The van der Waals surface area contributed by atoms with Crippen LogP contribution >= 0.6 is 0 Å². The second kappa shape index (κ2) is 9.79. The quantitative estimate of drug-likeness (QED) is 0.261. The molecule has 4 unspecified atom stereocenters. The van der Waals surface area contributed by atoms with Crippen molar-refractivity contribution in [3.63, 3.8) is 0 Å². The lowest BCUT2D eigenvalue weighted by Crippen LogP contribution is -2.47. The zero-order valence-electron chi connectivity index (χ0n) is 23.3. The smallest absolute Gasteiger partial charge is 0.141 e. The van der Waals surface area contributed by atoms with Gasteiger partial charge < -0.3 is 14.4 Å². The van der Waals surface area contributed by atoms with Crippen molar-refractivity contribution in [2.75, 3.05) is 16.6 Å². The number of nitrogens with zero attached hydrogens (tertiary/aromatic N) is 2. The van der Waals surface area contributed by atoms with Crippen LogP contribution in [-0.4, -0.2) is 23.9 Å². The summed E-state index contributed by atoms with van der Waals surface area (Å²) in [6.07, 6.45) is 16.9. The largest absolute Gasteiger partial charge is 0.456 e. The summed E-state index contributed by atoms with van der Waals surface area (Å²) in [6.45, 7) is 2.80. The van der Waals surface area contributed by atoms with Crippen molar-refractivity contribution >= 4 is 33.3 Å². The second-order valence-electron chi connectivity index (χ2n) is 11.7. The van der Waals surface area contributed by atoms with Crippen LogP contribution in [0.1, 0.15) is 55.7 Å². The van der Waals surface area contributed by atoms with E-state index in [2.05, 4.69) is 113 Å². The van der Waals surface area contributed by atoms with Gasteiger partial charge in [-0.15, -0.1) is 0 Å². The number of allylic oxidation sites excluding steroid dienone is 3. The first-order chi connectivity index (χ1) is 20.2. The molecule has 4 aromatic rings. The number of hydrogen-bond acceptors (Lipinski definition) is 5. The van der Waals surface area contributed by atoms with Gasteiger partial charge in [0, 0.05) is 27.9 Å². The molecule has 0 saturated heterocycles. The lowest BCUT2D eigenvalue weighted by atomic mass is 9.86. The third-order valence-corrected chi connectivity index (χ3v) is 9.27. The maximum absolute atomic E-state index is 11.0. The Morgan fingerprint density at radius 1 is 1.02 bits per heavy atom. The minimum absolute atomic E-state index is 0.0835. The molecule has 4 aliphatic rings. The van der Waals surface area contributed by atoms with Crippen molar-refractivity contribution in [3.05, 3.63) is 119 Å². The fraction of sp³-hybridized carbons (Fsp3) is 0.278. The van der Waals surface area contributed by atoms with Crippen LogP contribution < -0.4 is 15.3 Å². The molecule has 1 aromatic heterocycles. The van der Waals surface area contributed by atoms with Gasteiger partial charge in [-0.1, -0.05) is 86.2 Å². The maximum Gasteiger partial charge on any atom is 0.141 e. The predicted molar refractivity (Wildman–Crippen MR) is 167 cm³/mol. The Balaban J connectivity index is 1.23. The molecule has 2 aliphatic heterocycles. The topological polar surface area (TPSA) is 51.9 Å². The molecule has 206 valence electrons. The molecule has 41 heavy (non-hydrogen) atoms. The third kappa shape index (κ3) is 3.91. The molecule has 5 heteroatoms. The number of furan rings is 1. The van der Waals surface area contributed by atoms with Crippen LogP contribution in [0, 0.1) is 0 Å². The number of benzene rings is 3. The van der Waals surface area contributed by atoms with E-state index in [1.54, 1.807) is 0 Å². The van der Waals surface area contributed by atoms with E-state index in [-0.39, 0.29) is 18.0 Å². The number of hydrazine groups is 1. The Bertz CT molecular complexity index is 1780. The molecular weight excluding hydrogens is 506 g/mol. The Morgan fingerprint density at radius 2 is 1.90 bits per heavy atom. The number of nitrogens with one attached hydrogen (secondary N) is 1. The summed E-state index contributed by atoms with van der Waals surface area (Å²) in [5, 5.41) is 15.6. The highest BCUT2D eigenvalue weighted by atomic mass is 16.3. The third-order valence-electron chi connectivity index (χ3n) is 9.27. The molecule has 0 radical (unpaired) electrons. The minimum Gasteiger partial charge on any atom is -0.456 e. The summed E-state index contributed by atoms with van der Waals surface area (Å²) < 4.78 is 6.55. The average molecular weight is 542 g/mol. The second-order valence-corrected chi connectivity index (χ2v) is 11.7. The number of aliphatic hydroxyl groups is 1. The van der Waals surface area contributed by atoms with Crippen molar-refractivity contribution in [2.24, 2.45) is 0 Å². The molecule has 0 amide bonds. The summed E-state index contributed by atoms with van der Waals surface area (Å²) in [5.41, 5.74) is 13.2. The van der Waals surface area contributed by atoms with Crippen LogP contribution in [0.15, 0.2) is 113 Å². The van der Waals surface area contributed by atoms with Gasteiger partial charge in [-0.3, -0.25) is 5.01 Å². The Morgan fingerprint density at radius 3 is 2.78 bits per heavy atom. The summed E-state index contributed by atoms with van der Waals surface area (Å²) in [6, 6.07) is 21.8. The average Bonchev–Trinajstić information content (AvgIpc) is 3.68. The van der Waals surface area contributed by atoms with Gasteiger partial charge in [0.1, 0.15) is 17.8 Å². The molecule has 5 nitrogen and oxygen atoms in total. The Kier molecular flexibility index (Phi) is 5.90. The van der Waals surface area contributed by atoms with Crippen LogP contribution in [0.25, 0.3) is 21.9 Å². The molecule has 0 spiro atoms. The highest BCUT2D eigenvalue weighted by Gasteiger charge is 2.42. The number of para-hydroxylation sites is 2. The maximum atomic E-state index is 11.0. The number of anilines is 2. The molecule has 0 saturated carbocycles. The monoisotopic (exact) mass is 541 g/mol. The van der Waals surface area contributed by atoms with Crippen LogP contribution in [0.5, 0.6) is 0 Å². The van der Waals surface area contributed by atoms with Crippen LogP contribution in [0.2, 0.25) is 0 Å². The SMILES string of the molecule is CCCC(O)C1=CC2C(C=C1)c1c(ccc3c1oc1ccccc13)N2CN1NC(C2=CC=CCC2)c2ccccc21. The van der Waals surface area contributed by atoms with Crippen molar-refractivity contribution in [1.82, 2.24) is 5.43 Å². The summed E-state index contributed by atoms with van der Waals surface area (Å²) in [5.74, 6) is 0.145. The fourth-order valence-electron chi connectivity index (χ4n) is 7.29. The number of fused-ring (bicyclic) bond motifs is 8. The van der Waals surface area contributed by atoms with Crippen LogP contribution in [-0.2, 0) is 0 Å². The van der Waals surface area contributed by atoms with Crippen molar-refractivity contribution in [3.8, 4) is 0 Å². The summed E-state index contributed by atoms with van der Waals surface area (Å²) >= 11 is 0. The number of aliphatic hydroxyl groups excluding tert-OH is 1. The first-order valence-corrected chi connectivity index (χ1v) is 15.0. The Hall–Kier alpha value is -4.06. The van der Waals surface area contributed by atoms with Gasteiger partial charge in [-0.25, -0.2) is 5.43 Å². The van der Waals surface area contributed by atoms with Gasteiger partial charge in [0.05, 0.1) is 23.9 Å². The van der Waals surface area contributed by atoms with E-state index in [9.17, 15) is 5.11 Å². The van der Waals surface area contributed by atoms with E-state index in [1.165, 1.54) is 28.1 Å². The lowest BCUT2D eigenvalue weighted by molar-refractivity contribution is 0.202. The van der Waals surface area contributed by atoms with Crippen LogP contribution in [0.4, 0.5) is 11.4 Å². The molecule has 3 aromatic carbocycles. The van der Waals surface area contributed by atoms with E-state index in [0.717, 1.165) is 53.2 Å².